The molecule has 1 aromatic carbocycles. The van der Waals surface area contributed by atoms with Crippen molar-refractivity contribution in [2.24, 2.45) is 4.99 Å². The second kappa shape index (κ2) is 8.66. The van der Waals surface area contributed by atoms with Gasteiger partial charge in [0, 0.05) is 25.2 Å². The molecule has 7 nitrogen and oxygen atoms in total. The molecule has 1 aromatic rings. The summed E-state index contributed by atoms with van der Waals surface area (Å²) in [7, 11) is 1.31. The van der Waals surface area contributed by atoms with Gasteiger partial charge in [-0.1, -0.05) is 11.8 Å². The highest BCUT2D eigenvalue weighted by Gasteiger charge is 2.34. The van der Waals surface area contributed by atoms with E-state index in [2.05, 4.69) is 15.0 Å². The highest BCUT2D eigenvalue weighted by Crippen LogP contribution is 2.27. The van der Waals surface area contributed by atoms with Gasteiger partial charge < -0.3 is 10.1 Å². The van der Waals surface area contributed by atoms with Gasteiger partial charge in [0.15, 0.2) is 5.17 Å². The summed E-state index contributed by atoms with van der Waals surface area (Å²) in [6.45, 7) is 4.86. The number of methoxy groups -OCH3 is 1. The van der Waals surface area contributed by atoms with Crippen molar-refractivity contribution in [1.29, 1.82) is 0 Å². The van der Waals surface area contributed by atoms with Crippen LogP contribution in [0.1, 0.15) is 30.6 Å². The fraction of sp³-hybridized carbons (Fsp3) is 0.412. The molecule has 2 rings (SSSR count). The molecule has 1 N–H and O–H groups in total. The quantitative estimate of drug-likeness (QED) is 0.810. The summed E-state index contributed by atoms with van der Waals surface area (Å²) < 4.78 is 4.63. The Bertz CT molecular complexity index is 688. The number of anilines is 1. The number of amidine groups is 1. The maximum absolute atomic E-state index is 12.5. The molecule has 1 atom stereocenters. The molecule has 2 amide bonds. The lowest BCUT2D eigenvalue weighted by molar-refractivity contribution is -0.129. The van der Waals surface area contributed by atoms with Crippen molar-refractivity contribution in [3.8, 4) is 0 Å². The molecule has 0 bridgehead atoms. The summed E-state index contributed by atoms with van der Waals surface area (Å²) in [5, 5.41) is 2.83. The van der Waals surface area contributed by atoms with E-state index in [0.29, 0.717) is 29.5 Å². The first-order chi connectivity index (χ1) is 12.0. The molecule has 1 fully saturated rings. The molecule has 0 spiro atoms. The van der Waals surface area contributed by atoms with Crippen LogP contribution in [0, 0.1) is 0 Å². The van der Waals surface area contributed by atoms with Crippen LogP contribution in [0.15, 0.2) is 29.3 Å². The molecule has 8 heteroatoms. The van der Waals surface area contributed by atoms with Gasteiger partial charge in [-0.3, -0.25) is 19.5 Å². The molecule has 0 aromatic heterocycles. The summed E-state index contributed by atoms with van der Waals surface area (Å²) in [5.74, 6) is -0.801. The fourth-order valence-electron chi connectivity index (χ4n) is 2.35. The first-order valence-electron chi connectivity index (χ1n) is 8.00. The van der Waals surface area contributed by atoms with Crippen LogP contribution in [0.3, 0.4) is 0 Å². The van der Waals surface area contributed by atoms with Crippen LogP contribution in [0.4, 0.5) is 5.69 Å². The minimum atomic E-state index is -0.527. The maximum Gasteiger partial charge on any atom is 0.337 e. The number of hydrogen-bond acceptors (Lipinski definition) is 6. The van der Waals surface area contributed by atoms with Crippen LogP contribution in [0.25, 0.3) is 0 Å². The lowest BCUT2D eigenvalue weighted by Gasteiger charge is -2.30. The fourth-order valence-corrected chi connectivity index (χ4v) is 3.56. The number of aliphatic imine (C=N–C) groups is 1. The number of carbonyl (C=O) groups is 3. The summed E-state index contributed by atoms with van der Waals surface area (Å²) in [4.78, 5) is 42.1. The number of ether oxygens (including phenoxy) is 1. The Balaban J connectivity index is 2.06. The van der Waals surface area contributed by atoms with E-state index in [0.717, 1.165) is 0 Å². The van der Waals surface area contributed by atoms with E-state index in [9.17, 15) is 14.4 Å². The number of carbonyl (C=O) groups excluding carboxylic acids is 3. The average molecular weight is 363 g/mol. The van der Waals surface area contributed by atoms with E-state index in [4.69, 9.17) is 0 Å². The van der Waals surface area contributed by atoms with Gasteiger partial charge >= 0.3 is 5.97 Å². The van der Waals surface area contributed by atoms with Gasteiger partial charge in [0.05, 0.1) is 12.7 Å². The van der Waals surface area contributed by atoms with Crippen molar-refractivity contribution >= 4 is 40.4 Å². The van der Waals surface area contributed by atoms with Gasteiger partial charge in [0.2, 0.25) is 11.8 Å². The first-order valence-corrected chi connectivity index (χ1v) is 8.88. The normalized spacial score (nSPS) is 19.0. The predicted molar refractivity (Wildman–Crippen MR) is 97.8 cm³/mol. The summed E-state index contributed by atoms with van der Waals surface area (Å²) >= 11 is 1.30. The smallest absolute Gasteiger partial charge is 0.337 e. The zero-order chi connectivity index (χ0) is 18.4. The van der Waals surface area contributed by atoms with Crippen molar-refractivity contribution in [3.05, 3.63) is 29.8 Å². The van der Waals surface area contributed by atoms with Gasteiger partial charge in [-0.05, 0) is 38.1 Å². The van der Waals surface area contributed by atoms with Gasteiger partial charge in [-0.25, -0.2) is 4.79 Å². The highest BCUT2D eigenvalue weighted by molar-refractivity contribution is 8.15. The first kappa shape index (κ1) is 19.0. The molecule has 134 valence electrons. The molecule has 1 aliphatic rings. The number of amides is 2. The standard InChI is InChI=1S/C17H21N3O4S/c1-4-18-17-20(5-2)14(21)10-13(25-17)15(22)19-12-8-6-11(7-9-12)16(23)24-3/h6-9,13H,4-5,10H2,1-3H3,(H,19,22)/t13-/m1/s1. The number of hydrogen-bond donors (Lipinski definition) is 1. The van der Waals surface area contributed by atoms with E-state index in [1.807, 2.05) is 13.8 Å². The lowest BCUT2D eigenvalue weighted by atomic mass is 10.2. The minimum absolute atomic E-state index is 0.102. The summed E-state index contributed by atoms with van der Waals surface area (Å²) in [5.41, 5.74) is 0.955. The van der Waals surface area contributed by atoms with E-state index in [1.54, 1.807) is 29.2 Å². The van der Waals surface area contributed by atoms with Crippen LogP contribution in [-0.4, -0.2) is 53.3 Å². The Kier molecular flexibility index (Phi) is 6.58. The third-order valence-electron chi connectivity index (χ3n) is 3.62. The third kappa shape index (κ3) is 4.60. The van der Waals surface area contributed by atoms with Crippen LogP contribution in [0.2, 0.25) is 0 Å². The molecular weight excluding hydrogens is 342 g/mol. The number of nitrogens with zero attached hydrogens (tertiary/aromatic N) is 2. The lowest BCUT2D eigenvalue weighted by Crippen LogP contribution is -2.45. The summed E-state index contributed by atoms with van der Waals surface area (Å²) in [6.07, 6.45) is 0.132. The Morgan fingerprint density at radius 3 is 2.56 bits per heavy atom. The van der Waals surface area contributed by atoms with E-state index >= 15 is 0 Å². The molecule has 1 saturated heterocycles. The van der Waals surface area contributed by atoms with Crippen molar-refractivity contribution < 1.29 is 19.1 Å². The zero-order valence-electron chi connectivity index (χ0n) is 14.4. The van der Waals surface area contributed by atoms with Gasteiger partial charge in [-0.2, -0.15) is 0 Å². The van der Waals surface area contributed by atoms with Gasteiger partial charge in [-0.15, -0.1) is 0 Å². The molecule has 1 heterocycles. The topological polar surface area (TPSA) is 88.1 Å². The number of esters is 1. The second-order valence-corrected chi connectivity index (χ2v) is 6.43. The number of thioether (sulfide) groups is 1. The van der Waals surface area contributed by atoms with E-state index in [-0.39, 0.29) is 18.2 Å². The Morgan fingerprint density at radius 1 is 1.32 bits per heavy atom. The SMILES string of the molecule is CCN=C1S[C@@H](C(=O)Nc2ccc(C(=O)OC)cc2)CC(=O)N1CC. The van der Waals surface area contributed by atoms with Crippen LogP contribution >= 0.6 is 11.8 Å². The van der Waals surface area contributed by atoms with Crippen molar-refractivity contribution in [2.45, 2.75) is 25.5 Å². The molecule has 0 radical (unpaired) electrons. The molecule has 0 unspecified atom stereocenters. The Hall–Kier alpha value is -2.35. The summed E-state index contributed by atoms with van der Waals surface area (Å²) in [6, 6.07) is 6.39. The predicted octanol–water partition coefficient (Wildman–Crippen LogP) is 2.14. The number of rotatable bonds is 5. The van der Waals surface area contributed by atoms with Crippen molar-refractivity contribution in [2.75, 3.05) is 25.5 Å². The molecule has 0 aliphatic carbocycles. The van der Waals surface area contributed by atoms with Crippen LogP contribution < -0.4 is 5.32 Å². The average Bonchev–Trinajstić information content (AvgIpc) is 2.61. The Morgan fingerprint density at radius 2 is 2.00 bits per heavy atom. The maximum atomic E-state index is 12.5. The van der Waals surface area contributed by atoms with Crippen LogP contribution in [-0.2, 0) is 14.3 Å². The largest absolute Gasteiger partial charge is 0.465 e. The highest BCUT2D eigenvalue weighted by atomic mass is 32.2. The minimum Gasteiger partial charge on any atom is -0.465 e. The third-order valence-corrected chi connectivity index (χ3v) is 4.84. The van der Waals surface area contributed by atoms with Crippen LogP contribution in [0.5, 0.6) is 0 Å². The van der Waals surface area contributed by atoms with Gasteiger partial charge in [0.25, 0.3) is 0 Å². The second-order valence-electron chi connectivity index (χ2n) is 5.26. The molecule has 0 saturated carbocycles. The van der Waals surface area contributed by atoms with Gasteiger partial charge in [0.1, 0.15) is 5.25 Å². The number of nitrogens with one attached hydrogen (secondary N) is 1. The van der Waals surface area contributed by atoms with E-state index < -0.39 is 11.2 Å². The molecule has 1 aliphatic heterocycles. The molecular formula is C17H21N3O4S. The Labute approximate surface area is 150 Å². The van der Waals surface area contributed by atoms with Crippen molar-refractivity contribution in [1.82, 2.24) is 4.90 Å². The zero-order valence-corrected chi connectivity index (χ0v) is 15.3. The van der Waals surface area contributed by atoms with E-state index in [1.165, 1.54) is 18.9 Å². The molecule has 25 heavy (non-hydrogen) atoms. The number of benzene rings is 1. The van der Waals surface area contributed by atoms with Crippen molar-refractivity contribution in [3.63, 3.8) is 0 Å². The monoisotopic (exact) mass is 363 g/mol.